The molecule has 118 valence electrons. The van der Waals surface area contributed by atoms with E-state index in [1.165, 1.54) is 7.11 Å². The van der Waals surface area contributed by atoms with Gasteiger partial charge in [-0.2, -0.15) is 0 Å². The van der Waals surface area contributed by atoms with E-state index >= 15 is 0 Å². The van der Waals surface area contributed by atoms with Gasteiger partial charge in [-0.1, -0.05) is 23.2 Å². The topological polar surface area (TPSA) is 55.4 Å². The van der Waals surface area contributed by atoms with E-state index in [0.29, 0.717) is 15.6 Å². The van der Waals surface area contributed by atoms with Crippen molar-refractivity contribution in [2.75, 3.05) is 7.11 Å². The summed E-state index contributed by atoms with van der Waals surface area (Å²) in [7, 11) is -0.0329. The van der Waals surface area contributed by atoms with Crippen LogP contribution < -0.4 is 4.72 Å². The molecule has 0 amide bonds. The fraction of sp³-hybridized carbons (Fsp3) is 0.500. The molecule has 1 aromatic carbocycles. The van der Waals surface area contributed by atoms with Crippen LogP contribution in [-0.4, -0.2) is 22.0 Å². The summed E-state index contributed by atoms with van der Waals surface area (Å²) in [6, 6.07) is 4.48. The first kappa shape index (κ1) is 18.4. The minimum atomic E-state index is -1.34. The van der Waals surface area contributed by atoms with Gasteiger partial charge in [0.25, 0.3) is 0 Å². The average molecular weight is 352 g/mol. The molecule has 0 heterocycles. The largest absolute Gasteiger partial charge is 0.469 e. The molecular weight excluding hydrogens is 333 g/mol. The fourth-order valence-corrected chi connectivity index (χ4v) is 2.93. The summed E-state index contributed by atoms with van der Waals surface area (Å²) < 4.78 is 19.4. The minimum absolute atomic E-state index is 0.0367. The molecule has 0 saturated heterocycles. The Morgan fingerprint density at radius 3 is 2.24 bits per heavy atom. The number of nitrogens with one attached hydrogen (secondary N) is 1. The zero-order valence-corrected chi connectivity index (χ0v) is 14.7. The van der Waals surface area contributed by atoms with E-state index in [-0.39, 0.29) is 6.42 Å². The summed E-state index contributed by atoms with van der Waals surface area (Å²) in [6.07, 6.45) is 0.0367. The van der Waals surface area contributed by atoms with Gasteiger partial charge in [0.1, 0.15) is 0 Å². The zero-order chi connectivity index (χ0) is 16.2. The number of rotatable bonds is 5. The van der Waals surface area contributed by atoms with Gasteiger partial charge < -0.3 is 4.74 Å². The van der Waals surface area contributed by atoms with E-state index in [0.717, 1.165) is 0 Å². The highest BCUT2D eigenvalue weighted by atomic mass is 35.5. The van der Waals surface area contributed by atoms with E-state index in [2.05, 4.69) is 9.46 Å². The van der Waals surface area contributed by atoms with Crippen molar-refractivity contribution < 1.29 is 13.7 Å². The molecule has 0 aromatic heterocycles. The Balaban J connectivity index is 3.07. The van der Waals surface area contributed by atoms with Gasteiger partial charge in [0.05, 0.1) is 35.3 Å². The molecule has 0 bridgehead atoms. The van der Waals surface area contributed by atoms with Gasteiger partial charge in [-0.25, -0.2) is 8.93 Å². The lowest BCUT2D eigenvalue weighted by molar-refractivity contribution is -0.141. The first-order valence-electron chi connectivity index (χ1n) is 6.34. The molecule has 0 radical (unpaired) electrons. The number of esters is 1. The van der Waals surface area contributed by atoms with Gasteiger partial charge in [-0.15, -0.1) is 0 Å². The zero-order valence-electron chi connectivity index (χ0n) is 12.4. The Bertz CT molecular complexity index is 523. The number of hydrogen-bond acceptors (Lipinski definition) is 3. The van der Waals surface area contributed by atoms with Crippen molar-refractivity contribution in [2.45, 2.75) is 38.0 Å². The van der Waals surface area contributed by atoms with E-state index in [4.69, 9.17) is 23.2 Å². The van der Waals surface area contributed by atoms with E-state index in [1.807, 2.05) is 20.8 Å². The monoisotopic (exact) mass is 351 g/mol. The number of halogens is 2. The summed E-state index contributed by atoms with van der Waals surface area (Å²) in [6.45, 7) is 5.53. The average Bonchev–Trinajstić information content (AvgIpc) is 2.35. The predicted octanol–water partition coefficient (Wildman–Crippen LogP) is 3.65. The molecule has 7 heteroatoms. The molecule has 0 aliphatic rings. The summed E-state index contributed by atoms with van der Waals surface area (Å²) in [5, 5.41) is 0.909. The van der Waals surface area contributed by atoms with E-state index in [1.54, 1.807) is 18.2 Å². The van der Waals surface area contributed by atoms with Crippen LogP contribution in [0.25, 0.3) is 0 Å². The van der Waals surface area contributed by atoms with Gasteiger partial charge in [0.15, 0.2) is 0 Å². The number of benzene rings is 1. The molecule has 1 N–H and O–H groups in total. The van der Waals surface area contributed by atoms with Crippen LogP contribution in [0.2, 0.25) is 10.0 Å². The second-order valence-electron chi connectivity index (χ2n) is 5.53. The Labute approximate surface area is 137 Å². The first-order valence-corrected chi connectivity index (χ1v) is 8.25. The van der Waals surface area contributed by atoms with Gasteiger partial charge >= 0.3 is 5.97 Å². The highest BCUT2D eigenvalue weighted by molar-refractivity contribution is 7.84. The number of hydrogen-bond donors (Lipinski definition) is 1. The van der Waals surface area contributed by atoms with Crippen molar-refractivity contribution in [3.05, 3.63) is 33.8 Å². The van der Waals surface area contributed by atoms with E-state index < -0.39 is 27.7 Å². The van der Waals surface area contributed by atoms with Crippen LogP contribution in [0.3, 0.4) is 0 Å². The molecule has 0 fully saturated rings. The molecule has 0 unspecified atom stereocenters. The van der Waals surface area contributed by atoms with Crippen LogP contribution in [-0.2, 0) is 20.5 Å². The molecule has 21 heavy (non-hydrogen) atoms. The lowest BCUT2D eigenvalue weighted by atomic mass is 10.1. The van der Waals surface area contributed by atoms with Crippen molar-refractivity contribution in [1.82, 2.24) is 4.72 Å². The third kappa shape index (κ3) is 5.94. The van der Waals surface area contributed by atoms with E-state index in [9.17, 15) is 9.00 Å². The Morgan fingerprint density at radius 2 is 1.81 bits per heavy atom. The van der Waals surface area contributed by atoms with Gasteiger partial charge in [0, 0.05) is 10.0 Å². The summed E-state index contributed by atoms with van der Waals surface area (Å²) in [5.74, 6) is -0.408. The Hall–Kier alpha value is -0.620. The molecule has 1 rings (SSSR count). The maximum atomic E-state index is 12.3. The molecule has 0 saturated carbocycles. The second-order valence-corrected chi connectivity index (χ2v) is 8.41. The molecular formula is C14H19Cl2NO3S. The van der Waals surface area contributed by atoms with Crippen molar-refractivity contribution in [3.8, 4) is 0 Å². The van der Waals surface area contributed by atoms with Crippen LogP contribution in [0.4, 0.5) is 0 Å². The molecule has 2 atom stereocenters. The van der Waals surface area contributed by atoms with Crippen LogP contribution in [0, 0.1) is 0 Å². The first-order chi connectivity index (χ1) is 9.63. The van der Waals surface area contributed by atoms with Crippen LogP contribution >= 0.6 is 23.2 Å². The minimum Gasteiger partial charge on any atom is -0.469 e. The normalized spacial score (nSPS) is 14.6. The SMILES string of the molecule is COC(=O)C[C@H](N[S@](=O)C(C)(C)C)c1cc(Cl)cc(Cl)c1. The number of carbonyl (C=O) groups is 1. The lowest BCUT2D eigenvalue weighted by Crippen LogP contribution is -2.36. The van der Waals surface area contributed by atoms with Gasteiger partial charge in [0.2, 0.25) is 0 Å². The smallest absolute Gasteiger partial charge is 0.307 e. The maximum Gasteiger partial charge on any atom is 0.307 e. The second kappa shape index (κ2) is 7.58. The van der Waals surface area contributed by atoms with Crippen molar-refractivity contribution in [1.29, 1.82) is 0 Å². The number of carbonyl (C=O) groups excluding carboxylic acids is 1. The molecule has 0 spiro atoms. The van der Waals surface area contributed by atoms with Crippen molar-refractivity contribution in [2.24, 2.45) is 0 Å². The van der Waals surface area contributed by atoms with Crippen LogP contribution in [0.5, 0.6) is 0 Å². The summed E-state index contributed by atoms with van der Waals surface area (Å²) in [4.78, 5) is 11.6. The Morgan fingerprint density at radius 1 is 1.29 bits per heavy atom. The van der Waals surface area contributed by atoms with Crippen molar-refractivity contribution in [3.63, 3.8) is 0 Å². The van der Waals surface area contributed by atoms with Gasteiger partial charge in [-0.05, 0) is 44.5 Å². The predicted molar refractivity (Wildman–Crippen MR) is 86.9 cm³/mol. The highest BCUT2D eigenvalue weighted by Crippen LogP contribution is 2.27. The third-order valence-corrected chi connectivity index (χ3v) is 4.74. The Kier molecular flexibility index (Phi) is 6.66. The summed E-state index contributed by atoms with van der Waals surface area (Å²) in [5.41, 5.74) is 0.690. The fourth-order valence-electron chi connectivity index (χ4n) is 1.56. The summed E-state index contributed by atoms with van der Waals surface area (Å²) >= 11 is 12.0. The molecule has 0 aliphatic heterocycles. The lowest BCUT2D eigenvalue weighted by Gasteiger charge is -2.24. The number of ether oxygens (including phenoxy) is 1. The molecule has 1 aromatic rings. The maximum absolute atomic E-state index is 12.3. The van der Waals surface area contributed by atoms with Crippen LogP contribution in [0.15, 0.2) is 18.2 Å². The van der Waals surface area contributed by atoms with Crippen molar-refractivity contribution >= 4 is 40.2 Å². The standard InChI is InChI=1S/C14H19Cl2NO3S/c1-14(2,3)21(19)17-12(8-13(18)20-4)9-5-10(15)7-11(16)6-9/h5-7,12,17H,8H2,1-4H3/t12-,21+/m0/s1. The molecule has 4 nitrogen and oxygen atoms in total. The quantitative estimate of drug-likeness (QED) is 0.823. The third-order valence-electron chi connectivity index (χ3n) is 2.69. The molecule has 0 aliphatic carbocycles. The number of methoxy groups -OCH3 is 1. The van der Waals surface area contributed by atoms with Gasteiger partial charge in [-0.3, -0.25) is 4.79 Å². The highest BCUT2D eigenvalue weighted by Gasteiger charge is 2.25. The van der Waals surface area contributed by atoms with Crippen LogP contribution in [0.1, 0.15) is 38.8 Å².